The quantitative estimate of drug-likeness (QED) is 0.893. The predicted molar refractivity (Wildman–Crippen MR) is 103 cm³/mol. The first-order chi connectivity index (χ1) is 12.2. The lowest BCUT2D eigenvalue weighted by Gasteiger charge is -2.35. The lowest BCUT2D eigenvalue weighted by molar-refractivity contribution is -0.133. The molecule has 6 heteroatoms. The van der Waals surface area contributed by atoms with Crippen LogP contribution in [-0.2, 0) is 17.1 Å². The van der Waals surface area contributed by atoms with Gasteiger partial charge in [-0.3, -0.25) is 4.79 Å². The molecule has 0 aliphatic carbocycles. The van der Waals surface area contributed by atoms with Crippen molar-refractivity contribution in [1.29, 1.82) is 0 Å². The van der Waals surface area contributed by atoms with E-state index in [0.29, 0.717) is 24.7 Å². The summed E-state index contributed by atoms with van der Waals surface area (Å²) in [6.45, 7) is 0.381. The van der Waals surface area contributed by atoms with Crippen LogP contribution in [0, 0.1) is 0 Å². The minimum Gasteiger partial charge on any atom is -0.341 e. The van der Waals surface area contributed by atoms with Crippen LogP contribution < -0.4 is 5.32 Å². The summed E-state index contributed by atoms with van der Waals surface area (Å²) in [5.74, 6) is 2.00. The zero-order chi connectivity index (χ0) is 17.4. The number of fused-ring (bicyclic) bond motifs is 3. The van der Waals surface area contributed by atoms with Gasteiger partial charge >= 0.3 is 0 Å². The standard InChI is InChI=1S/C19H26N4OS/c1-22(15-9-13-7-8-14(10-15)20-13)19(24)11-23-17-6-4-3-5-16(17)21-18(23)12-25-2/h3-6,13-15,20H,7-12H2,1-2H3. The molecular weight excluding hydrogens is 332 g/mol. The van der Waals surface area contributed by atoms with Gasteiger partial charge < -0.3 is 14.8 Å². The van der Waals surface area contributed by atoms with Gasteiger partial charge in [0.25, 0.3) is 0 Å². The number of imidazole rings is 1. The van der Waals surface area contributed by atoms with Crippen LogP contribution in [0.5, 0.6) is 0 Å². The van der Waals surface area contributed by atoms with Crippen molar-refractivity contribution in [2.75, 3.05) is 13.3 Å². The highest BCUT2D eigenvalue weighted by Crippen LogP contribution is 2.29. The molecule has 1 aromatic carbocycles. The van der Waals surface area contributed by atoms with Crippen LogP contribution in [0.25, 0.3) is 11.0 Å². The number of aromatic nitrogens is 2. The molecule has 2 aliphatic heterocycles. The molecule has 5 nitrogen and oxygen atoms in total. The van der Waals surface area contributed by atoms with E-state index in [4.69, 9.17) is 4.98 Å². The van der Waals surface area contributed by atoms with Gasteiger partial charge in [0.2, 0.25) is 5.91 Å². The molecule has 2 atom stereocenters. The number of para-hydroxylation sites is 2. The van der Waals surface area contributed by atoms with Crippen molar-refractivity contribution in [2.24, 2.45) is 0 Å². The van der Waals surface area contributed by atoms with Gasteiger partial charge in [-0.05, 0) is 44.1 Å². The number of hydrogen-bond acceptors (Lipinski definition) is 4. The molecule has 134 valence electrons. The van der Waals surface area contributed by atoms with E-state index in [0.717, 1.165) is 35.5 Å². The molecule has 2 saturated heterocycles. The third-order valence-corrected chi connectivity index (χ3v) is 6.24. The molecule has 3 heterocycles. The summed E-state index contributed by atoms with van der Waals surface area (Å²) >= 11 is 1.74. The zero-order valence-corrected chi connectivity index (χ0v) is 15.8. The molecule has 2 unspecified atom stereocenters. The van der Waals surface area contributed by atoms with Crippen LogP contribution in [-0.4, -0.2) is 51.8 Å². The molecule has 1 amide bonds. The third kappa shape index (κ3) is 3.29. The normalized spacial score (nSPS) is 25.4. The van der Waals surface area contributed by atoms with Crippen LogP contribution in [0.4, 0.5) is 0 Å². The Morgan fingerprint density at radius 3 is 2.76 bits per heavy atom. The Labute approximate surface area is 153 Å². The Kier molecular flexibility index (Phi) is 4.73. The van der Waals surface area contributed by atoms with Gasteiger partial charge in [0.1, 0.15) is 12.4 Å². The third-order valence-electron chi connectivity index (χ3n) is 5.69. The fraction of sp³-hybridized carbons (Fsp3) is 0.579. The molecule has 2 fully saturated rings. The maximum atomic E-state index is 13.0. The summed E-state index contributed by atoms with van der Waals surface area (Å²) in [7, 11) is 1.98. The monoisotopic (exact) mass is 358 g/mol. The first-order valence-electron chi connectivity index (χ1n) is 9.10. The second-order valence-corrected chi connectivity index (χ2v) is 8.17. The van der Waals surface area contributed by atoms with Gasteiger partial charge in [0.15, 0.2) is 0 Å². The van der Waals surface area contributed by atoms with Crippen LogP contribution in [0.2, 0.25) is 0 Å². The molecule has 1 N–H and O–H groups in total. The second kappa shape index (κ2) is 7.00. The Bertz CT molecular complexity index is 762. The van der Waals surface area contributed by atoms with Crippen molar-refractivity contribution < 1.29 is 4.79 Å². The molecule has 2 aromatic rings. The van der Waals surface area contributed by atoms with E-state index >= 15 is 0 Å². The number of carbonyl (C=O) groups excluding carboxylic acids is 1. The molecule has 1 aromatic heterocycles. The Morgan fingerprint density at radius 1 is 1.32 bits per heavy atom. The summed E-state index contributed by atoms with van der Waals surface area (Å²) in [6, 6.07) is 9.66. The van der Waals surface area contributed by atoms with E-state index in [1.807, 2.05) is 30.1 Å². The largest absolute Gasteiger partial charge is 0.341 e. The van der Waals surface area contributed by atoms with Crippen LogP contribution >= 0.6 is 11.8 Å². The number of thioether (sulfide) groups is 1. The maximum absolute atomic E-state index is 13.0. The van der Waals surface area contributed by atoms with Gasteiger partial charge in [-0.1, -0.05) is 12.1 Å². The number of nitrogens with one attached hydrogen (secondary N) is 1. The molecular formula is C19H26N4OS. The highest BCUT2D eigenvalue weighted by molar-refractivity contribution is 7.97. The summed E-state index contributed by atoms with van der Waals surface area (Å²) in [5.41, 5.74) is 2.03. The molecule has 2 bridgehead atoms. The van der Waals surface area contributed by atoms with Crippen molar-refractivity contribution in [2.45, 2.75) is 56.1 Å². The smallest absolute Gasteiger partial charge is 0.242 e. The minimum atomic E-state index is 0.191. The maximum Gasteiger partial charge on any atom is 0.242 e. The summed E-state index contributed by atoms with van der Waals surface area (Å²) in [6.07, 6.45) is 6.76. The SMILES string of the molecule is CSCc1nc2ccccc2n1CC(=O)N(C)C1CC2CCC(C1)N2. The molecule has 25 heavy (non-hydrogen) atoms. The summed E-state index contributed by atoms with van der Waals surface area (Å²) < 4.78 is 2.10. The van der Waals surface area contributed by atoms with E-state index in [2.05, 4.69) is 22.2 Å². The van der Waals surface area contributed by atoms with Crippen molar-refractivity contribution >= 4 is 28.7 Å². The van der Waals surface area contributed by atoms with Gasteiger partial charge in [0.05, 0.1) is 16.8 Å². The number of amides is 1. The summed E-state index contributed by atoms with van der Waals surface area (Å²) in [4.78, 5) is 19.7. The van der Waals surface area contributed by atoms with E-state index in [1.165, 1.54) is 12.8 Å². The van der Waals surface area contributed by atoms with Gasteiger partial charge in [0, 0.05) is 25.2 Å². The van der Waals surface area contributed by atoms with Crippen molar-refractivity contribution in [3.63, 3.8) is 0 Å². The fourth-order valence-corrected chi connectivity index (χ4v) is 4.81. The molecule has 2 aliphatic rings. The number of benzene rings is 1. The van der Waals surface area contributed by atoms with E-state index in [-0.39, 0.29) is 5.91 Å². The zero-order valence-electron chi connectivity index (χ0n) is 14.9. The first kappa shape index (κ1) is 16.9. The first-order valence-corrected chi connectivity index (χ1v) is 10.5. The van der Waals surface area contributed by atoms with Gasteiger partial charge in [-0.15, -0.1) is 0 Å². The Hall–Kier alpha value is -1.53. The number of likely N-dealkylation sites (N-methyl/N-ethyl adjacent to an activating group) is 1. The highest BCUT2D eigenvalue weighted by Gasteiger charge is 2.36. The predicted octanol–water partition coefficient (Wildman–Crippen LogP) is 2.64. The van der Waals surface area contributed by atoms with Crippen LogP contribution in [0.15, 0.2) is 24.3 Å². The lowest BCUT2D eigenvalue weighted by Crippen LogP contribution is -2.49. The number of piperidine rings is 1. The Balaban J connectivity index is 1.54. The van der Waals surface area contributed by atoms with Crippen molar-refractivity contribution in [1.82, 2.24) is 19.8 Å². The molecule has 0 radical (unpaired) electrons. The van der Waals surface area contributed by atoms with E-state index in [9.17, 15) is 4.79 Å². The summed E-state index contributed by atoms with van der Waals surface area (Å²) in [5, 5.41) is 3.65. The molecule has 0 spiro atoms. The number of hydrogen-bond donors (Lipinski definition) is 1. The molecule has 4 rings (SSSR count). The van der Waals surface area contributed by atoms with Crippen LogP contribution in [0.1, 0.15) is 31.5 Å². The number of nitrogens with zero attached hydrogens (tertiary/aromatic N) is 3. The fourth-order valence-electron chi connectivity index (χ4n) is 4.33. The average molecular weight is 359 g/mol. The van der Waals surface area contributed by atoms with E-state index in [1.54, 1.807) is 11.8 Å². The molecule has 0 saturated carbocycles. The van der Waals surface area contributed by atoms with Crippen molar-refractivity contribution in [3.8, 4) is 0 Å². The topological polar surface area (TPSA) is 50.2 Å². The highest BCUT2D eigenvalue weighted by atomic mass is 32.2. The van der Waals surface area contributed by atoms with Crippen molar-refractivity contribution in [3.05, 3.63) is 30.1 Å². The van der Waals surface area contributed by atoms with Gasteiger partial charge in [-0.25, -0.2) is 4.98 Å². The van der Waals surface area contributed by atoms with Crippen LogP contribution in [0.3, 0.4) is 0 Å². The van der Waals surface area contributed by atoms with Gasteiger partial charge in [-0.2, -0.15) is 11.8 Å². The number of rotatable bonds is 5. The second-order valence-electron chi connectivity index (χ2n) is 7.30. The van der Waals surface area contributed by atoms with E-state index < -0.39 is 0 Å². The minimum absolute atomic E-state index is 0.191. The average Bonchev–Trinajstić information content (AvgIpc) is 3.14. The lowest BCUT2D eigenvalue weighted by atomic mass is 9.98. The number of carbonyl (C=O) groups is 1. The Morgan fingerprint density at radius 2 is 2.04 bits per heavy atom.